The van der Waals surface area contributed by atoms with Gasteiger partial charge in [-0.1, -0.05) is 12.5 Å². The number of amides is 1. The number of aliphatic imine (C=N–C) groups is 1. The average molecular weight is 397 g/mol. The average Bonchev–Trinajstić information content (AvgIpc) is 3.20. The summed E-state index contributed by atoms with van der Waals surface area (Å²) in [5.74, 6) is 0.784. The molecule has 0 radical (unpaired) electrons. The summed E-state index contributed by atoms with van der Waals surface area (Å²) in [6.45, 7) is 4.04. The Labute approximate surface area is 170 Å². The number of fused-ring (bicyclic) bond motifs is 1. The predicted molar refractivity (Wildman–Crippen MR) is 117 cm³/mol. The molecular weight excluding hydrogens is 368 g/mol. The molecule has 5 nitrogen and oxygen atoms in total. The summed E-state index contributed by atoms with van der Waals surface area (Å²) in [5, 5.41) is 2.00. The number of nitrogens with two attached hydrogens (primary N) is 1. The number of anilines is 1. The van der Waals surface area contributed by atoms with E-state index in [1.165, 1.54) is 24.8 Å². The quantitative estimate of drug-likeness (QED) is 0.615. The maximum Gasteiger partial charge on any atom is 0.227 e. The van der Waals surface area contributed by atoms with E-state index < -0.39 is 0 Å². The molecule has 0 atom stereocenters. The third-order valence-corrected chi connectivity index (χ3v) is 6.50. The van der Waals surface area contributed by atoms with E-state index in [0.717, 1.165) is 55.3 Å². The Morgan fingerprint density at radius 2 is 1.93 bits per heavy atom. The molecule has 0 aliphatic carbocycles. The SMILES string of the molecule is NC(=Nc1ccc2c(c1)CCCC(=O)N2CCN1CCCCC1)c1cccs1. The molecule has 2 aliphatic heterocycles. The lowest BCUT2D eigenvalue weighted by Crippen LogP contribution is -2.40. The number of amidine groups is 1. The van der Waals surface area contributed by atoms with Crippen LogP contribution < -0.4 is 10.6 Å². The van der Waals surface area contributed by atoms with Gasteiger partial charge in [-0.25, -0.2) is 4.99 Å². The van der Waals surface area contributed by atoms with Crippen molar-refractivity contribution in [2.24, 2.45) is 10.7 Å². The van der Waals surface area contributed by atoms with Crippen LogP contribution in [0.5, 0.6) is 0 Å². The van der Waals surface area contributed by atoms with Crippen LogP contribution in [-0.4, -0.2) is 42.8 Å². The van der Waals surface area contributed by atoms with Gasteiger partial charge in [0.2, 0.25) is 5.91 Å². The molecule has 0 unspecified atom stereocenters. The molecule has 2 aliphatic rings. The number of likely N-dealkylation sites (tertiary alicyclic amines) is 1. The van der Waals surface area contributed by atoms with Gasteiger partial charge in [0.1, 0.15) is 5.84 Å². The standard InChI is InChI=1S/C22H28N4OS/c23-22(20-7-5-15-28-20)24-18-9-10-19-17(16-18)6-4-8-21(27)26(19)14-13-25-11-2-1-3-12-25/h5,7,9-10,15-16H,1-4,6,8,11-14H2,(H2,23,24). The number of carbonyl (C=O) groups excluding carboxylic acids is 1. The Morgan fingerprint density at radius 1 is 1.07 bits per heavy atom. The van der Waals surface area contributed by atoms with Gasteiger partial charge < -0.3 is 15.5 Å². The van der Waals surface area contributed by atoms with E-state index >= 15 is 0 Å². The van der Waals surface area contributed by atoms with Gasteiger partial charge in [-0.05, 0) is 74.0 Å². The van der Waals surface area contributed by atoms with Crippen molar-refractivity contribution in [1.29, 1.82) is 0 Å². The highest BCUT2D eigenvalue weighted by Crippen LogP contribution is 2.31. The van der Waals surface area contributed by atoms with Gasteiger partial charge in [0, 0.05) is 25.2 Å². The highest BCUT2D eigenvalue weighted by Gasteiger charge is 2.23. The summed E-state index contributed by atoms with van der Waals surface area (Å²) in [4.78, 5) is 22.8. The lowest BCUT2D eigenvalue weighted by Gasteiger charge is -2.30. The molecule has 2 N–H and O–H groups in total. The van der Waals surface area contributed by atoms with E-state index in [9.17, 15) is 4.79 Å². The van der Waals surface area contributed by atoms with Gasteiger partial charge >= 0.3 is 0 Å². The minimum absolute atomic E-state index is 0.241. The number of hydrogen-bond acceptors (Lipinski definition) is 4. The third kappa shape index (κ3) is 4.45. The van der Waals surface area contributed by atoms with Crippen LogP contribution in [0.25, 0.3) is 0 Å². The number of benzene rings is 1. The van der Waals surface area contributed by atoms with Crippen LogP contribution in [0.1, 0.15) is 42.5 Å². The predicted octanol–water partition coefficient (Wildman–Crippen LogP) is 3.94. The van der Waals surface area contributed by atoms with E-state index in [4.69, 9.17) is 5.73 Å². The summed E-state index contributed by atoms with van der Waals surface area (Å²) in [5.41, 5.74) is 9.25. The zero-order valence-corrected chi connectivity index (χ0v) is 17.1. The summed E-state index contributed by atoms with van der Waals surface area (Å²) in [6.07, 6.45) is 6.29. The number of piperidine rings is 1. The van der Waals surface area contributed by atoms with Crippen molar-refractivity contribution < 1.29 is 4.79 Å². The molecule has 1 aromatic carbocycles. The van der Waals surface area contributed by atoms with Crippen LogP contribution in [0, 0.1) is 0 Å². The van der Waals surface area contributed by atoms with Crippen molar-refractivity contribution in [2.75, 3.05) is 31.1 Å². The first kappa shape index (κ1) is 19.2. The topological polar surface area (TPSA) is 61.9 Å². The van der Waals surface area contributed by atoms with Crippen LogP contribution in [0.4, 0.5) is 11.4 Å². The van der Waals surface area contributed by atoms with Crippen molar-refractivity contribution >= 4 is 34.5 Å². The largest absolute Gasteiger partial charge is 0.383 e. The maximum absolute atomic E-state index is 12.7. The lowest BCUT2D eigenvalue weighted by molar-refractivity contribution is -0.118. The summed E-state index contributed by atoms with van der Waals surface area (Å²) in [7, 11) is 0. The summed E-state index contributed by atoms with van der Waals surface area (Å²) >= 11 is 1.59. The minimum Gasteiger partial charge on any atom is -0.383 e. The lowest BCUT2D eigenvalue weighted by atomic mass is 10.1. The Bertz CT molecular complexity index is 840. The fourth-order valence-electron chi connectivity index (χ4n) is 4.09. The van der Waals surface area contributed by atoms with Gasteiger partial charge in [0.15, 0.2) is 0 Å². The second kappa shape index (κ2) is 8.88. The first-order valence-electron chi connectivity index (χ1n) is 10.2. The molecule has 1 fully saturated rings. The van der Waals surface area contributed by atoms with Crippen molar-refractivity contribution in [1.82, 2.24) is 4.90 Å². The zero-order chi connectivity index (χ0) is 19.3. The van der Waals surface area contributed by atoms with E-state index in [2.05, 4.69) is 22.0 Å². The molecule has 0 bridgehead atoms. The highest BCUT2D eigenvalue weighted by atomic mass is 32.1. The number of nitrogens with zero attached hydrogens (tertiary/aromatic N) is 3. The van der Waals surface area contributed by atoms with Crippen molar-refractivity contribution in [2.45, 2.75) is 38.5 Å². The fraction of sp³-hybridized carbons (Fsp3) is 0.455. The number of aryl methyl sites for hydroxylation is 1. The van der Waals surface area contributed by atoms with E-state index in [0.29, 0.717) is 12.3 Å². The van der Waals surface area contributed by atoms with Gasteiger partial charge in [0.25, 0.3) is 0 Å². The molecule has 28 heavy (non-hydrogen) atoms. The normalized spacial score (nSPS) is 18.8. The number of thiophene rings is 1. The Balaban J connectivity index is 1.54. The van der Waals surface area contributed by atoms with Crippen LogP contribution in [0.2, 0.25) is 0 Å². The molecule has 4 rings (SSSR count). The molecule has 2 aromatic rings. The third-order valence-electron chi connectivity index (χ3n) is 5.60. The van der Waals surface area contributed by atoms with Gasteiger partial charge in [0.05, 0.1) is 10.6 Å². The number of carbonyl (C=O) groups is 1. The molecule has 3 heterocycles. The first-order valence-corrected chi connectivity index (χ1v) is 11.1. The van der Waals surface area contributed by atoms with Crippen LogP contribution in [0.15, 0.2) is 40.7 Å². The fourth-order valence-corrected chi connectivity index (χ4v) is 4.72. The van der Waals surface area contributed by atoms with Crippen LogP contribution in [-0.2, 0) is 11.2 Å². The highest BCUT2D eigenvalue weighted by molar-refractivity contribution is 7.12. The molecule has 6 heteroatoms. The molecular formula is C22H28N4OS. The first-order chi connectivity index (χ1) is 13.7. The van der Waals surface area contributed by atoms with E-state index in [-0.39, 0.29) is 5.91 Å². The number of rotatable bonds is 5. The zero-order valence-electron chi connectivity index (χ0n) is 16.3. The summed E-state index contributed by atoms with van der Waals surface area (Å²) < 4.78 is 0. The Kier molecular flexibility index (Phi) is 6.07. The van der Waals surface area contributed by atoms with Gasteiger partial charge in [-0.3, -0.25) is 4.79 Å². The maximum atomic E-state index is 12.7. The van der Waals surface area contributed by atoms with Crippen LogP contribution >= 0.6 is 11.3 Å². The summed E-state index contributed by atoms with van der Waals surface area (Å²) in [6, 6.07) is 10.1. The van der Waals surface area contributed by atoms with Crippen LogP contribution in [0.3, 0.4) is 0 Å². The minimum atomic E-state index is 0.241. The van der Waals surface area contributed by atoms with Crippen molar-refractivity contribution in [3.8, 4) is 0 Å². The second-order valence-electron chi connectivity index (χ2n) is 7.59. The van der Waals surface area contributed by atoms with E-state index in [1.54, 1.807) is 11.3 Å². The molecule has 1 aromatic heterocycles. The van der Waals surface area contributed by atoms with Gasteiger partial charge in [-0.15, -0.1) is 11.3 Å². The van der Waals surface area contributed by atoms with E-state index in [1.807, 2.05) is 28.5 Å². The Hall–Kier alpha value is -2.18. The molecule has 1 saturated heterocycles. The van der Waals surface area contributed by atoms with Gasteiger partial charge in [-0.2, -0.15) is 0 Å². The number of hydrogen-bond donors (Lipinski definition) is 1. The molecule has 1 amide bonds. The molecule has 148 valence electrons. The Morgan fingerprint density at radius 3 is 2.71 bits per heavy atom. The smallest absolute Gasteiger partial charge is 0.227 e. The second-order valence-corrected chi connectivity index (χ2v) is 8.54. The monoisotopic (exact) mass is 396 g/mol. The van der Waals surface area contributed by atoms with Crippen molar-refractivity contribution in [3.05, 3.63) is 46.2 Å². The van der Waals surface area contributed by atoms with Crippen molar-refractivity contribution in [3.63, 3.8) is 0 Å². The molecule has 0 saturated carbocycles. The molecule has 0 spiro atoms.